The molecule has 0 amide bonds. The van der Waals surface area contributed by atoms with Gasteiger partial charge in [0.15, 0.2) is 0 Å². The molecule has 14 heavy (non-hydrogen) atoms. The summed E-state index contributed by atoms with van der Waals surface area (Å²) in [5, 5.41) is 0.690. The third-order valence-corrected chi connectivity index (χ3v) is 2.42. The van der Waals surface area contributed by atoms with Crippen molar-refractivity contribution in [3.8, 4) is 0 Å². The van der Waals surface area contributed by atoms with E-state index in [4.69, 9.17) is 11.6 Å². The summed E-state index contributed by atoms with van der Waals surface area (Å²) in [5.41, 5.74) is -0.357. The second-order valence-electron chi connectivity index (χ2n) is 2.95. The van der Waals surface area contributed by atoms with E-state index in [1.54, 1.807) is 25.2 Å². The van der Waals surface area contributed by atoms with Crippen LogP contribution in [0, 0.1) is 0 Å². The summed E-state index contributed by atoms with van der Waals surface area (Å²) < 4.78 is 1.35. The summed E-state index contributed by atoms with van der Waals surface area (Å²) in [6.45, 7) is 0. The van der Waals surface area contributed by atoms with E-state index in [9.17, 15) is 9.59 Å². The third kappa shape index (κ3) is 1.15. The van der Waals surface area contributed by atoms with Gasteiger partial charge in [0.05, 0.1) is 15.9 Å². The lowest BCUT2D eigenvalue weighted by molar-refractivity contribution is 0.843. The maximum absolute atomic E-state index is 11.4. The zero-order chi connectivity index (χ0) is 10.3. The van der Waals surface area contributed by atoms with Crippen LogP contribution in [0.5, 0.6) is 0 Å². The number of benzene rings is 1. The van der Waals surface area contributed by atoms with Gasteiger partial charge in [0.25, 0.3) is 5.56 Å². The number of nitrogens with one attached hydrogen (secondary N) is 1. The van der Waals surface area contributed by atoms with Crippen LogP contribution in [0.25, 0.3) is 10.9 Å². The van der Waals surface area contributed by atoms with Gasteiger partial charge in [-0.15, -0.1) is 0 Å². The minimum Gasteiger partial charge on any atom is -0.296 e. The van der Waals surface area contributed by atoms with Gasteiger partial charge in [0, 0.05) is 7.05 Å². The van der Waals surface area contributed by atoms with Gasteiger partial charge in [-0.2, -0.15) is 0 Å². The van der Waals surface area contributed by atoms with E-state index >= 15 is 0 Å². The highest BCUT2D eigenvalue weighted by molar-refractivity contribution is 6.35. The molecule has 1 aromatic carbocycles. The van der Waals surface area contributed by atoms with Crippen LogP contribution in [0.4, 0.5) is 0 Å². The molecule has 4 nitrogen and oxygen atoms in total. The smallest absolute Gasteiger partial charge is 0.296 e. The lowest BCUT2D eigenvalue weighted by atomic mass is 10.2. The standard InChI is InChI=1S/C9H7ClN2O2/c1-12-6-4-2-3-5(10)7(6)8(13)11-9(12)14/h2-4H,1H3,(H,11,13,14). The van der Waals surface area contributed by atoms with Crippen LogP contribution in [-0.2, 0) is 7.05 Å². The monoisotopic (exact) mass is 210 g/mol. The molecule has 0 spiro atoms. The number of hydrogen-bond donors (Lipinski definition) is 1. The first-order valence-electron chi connectivity index (χ1n) is 3.99. The SMILES string of the molecule is Cn1c(=O)[nH]c(=O)c2c(Cl)cccc21. The number of rotatable bonds is 0. The van der Waals surface area contributed by atoms with Crippen LogP contribution in [0.15, 0.2) is 27.8 Å². The maximum Gasteiger partial charge on any atom is 0.328 e. The number of nitrogens with zero attached hydrogens (tertiary/aromatic N) is 1. The van der Waals surface area contributed by atoms with E-state index < -0.39 is 11.2 Å². The van der Waals surface area contributed by atoms with Gasteiger partial charge in [-0.3, -0.25) is 14.3 Å². The molecule has 0 aliphatic carbocycles. The fourth-order valence-electron chi connectivity index (χ4n) is 1.37. The zero-order valence-electron chi connectivity index (χ0n) is 7.37. The van der Waals surface area contributed by atoms with Crippen molar-refractivity contribution in [2.45, 2.75) is 0 Å². The number of fused-ring (bicyclic) bond motifs is 1. The number of aryl methyl sites for hydroxylation is 1. The average molecular weight is 211 g/mol. The number of H-pyrrole nitrogens is 1. The Balaban J connectivity index is 3.18. The van der Waals surface area contributed by atoms with Crippen molar-refractivity contribution in [3.05, 3.63) is 44.1 Å². The third-order valence-electron chi connectivity index (χ3n) is 2.11. The first kappa shape index (κ1) is 9.02. The van der Waals surface area contributed by atoms with Crippen LogP contribution in [0.3, 0.4) is 0 Å². The fourth-order valence-corrected chi connectivity index (χ4v) is 1.63. The van der Waals surface area contributed by atoms with E-state index in [0.717, 1.165) is 0 Å². The van der Waals surface area contributed by atoms with E-state index in [1.807, 2.05) is 0 Å². The van der Waals surface area contributed by atoms with Gasteiger partial charge in [-0.25, -0.2) is 4.79 Å². The molecule has 1 heterocycles. The number of aromatic nitrogens is 2. The van der Waals surface area contributed by atoms with Crippen LogP contribution >= 0.6 is 11.6 Å². The minimum atomic E-state index is -0.450. The summed E-state index contributed by atoms with van der Waals surface area (Å²) >= 11 is 5.85. The predicted octanol–water partition coefficient (Wildman–Crippen LogP) is 0.880. The van der Waals surface area contributed by atoms with E-state index in [2.05, 4.69) is 4.98 Å². The molecule has 2 rings (SSSR count). The van der Waals surface area contributed by atoms with E-state index in [-0.39, 0.29) is 0 Å². The lowest BCUT2D eigenvalue weighted by Gasteiger charge is -2.03. The topological polar surface area (TPSA) is 54.9 Å². The lowest BCUT2D eigenvalue weighted by Crippen LogP contribution is -2.28. The number of hydrogen-bond acceptors (Lipinski definition) is 2. The van der Waals surface area contributed by atoms with Gasteiger partial charge >= 0.3 is 5.69 Å². The Kier molecular flexibility index (Phi) is 1.93. The first-order valence-corrected chi connectivity index (χ1v) is 4.36. The van der Waals surface area contributed by atoms with Crippen LogP contribution in [0.2, 0.25) is 5.02 Å². The maximum atomic E-state index is 11.4. The van der Waals surface area contributed by atoms with Crippen molar-refractivity contribution in [1.29, 1.82) is 0 Å². The molecule has 0 unspecified atom stereocenters. The second-order valence-corrected chi connectivity index (χ2v) is 3.36. The van der Waals surface area contributed by atoms with Crippen molar-refractivity contribution >= 4 is 22.5 Å². The quantitative estimate of drug-likeness (QED) is 0.702. The van der Waals surface area contributed by atoms with Crippen molar-refractivity contribution in [2.24, 2.45) is 7.05 Å². The summed E-state index contributed by atoms with van der Waals surface area (Å²) in [5.74, 6) is 0. The average Bonchev–Trinajstić information content (AvgIpc) is 2.14. The Morgan fingerprint density at radius 2 is 2.07 bits per heavy atom. The van der Waals surface area contributed by atoms with Gasteiger partial charge in [-0.05, 0) is 12.1 Å². The molecule has 5 heteroatoms. The Morgan fingerprint density at radius 1 is 1.36 bits per heavy atom. The Labute approximate surface area is 83.8 Å². The molecule has 0 aliphatic rings. The van der Waals surface area contributed by atoms with Crippen molar-refractivity contribution < 1.29 is 0 Å². The van der Waals surface area contributed by atoms with Gasteiger partial charge in [0.1, 0.15) is 0 Å². The molecule has 0 saturated carbocycles. The predicted molar refractivity (Wildman–Crippen MR) is 54.8 cm³/mol. The normalized spacial score (nSPS) is 10.7. The molecule has 0 radical (unpaired) electrons. The highest BCUT2D eigenvalue weighted by Gasteiger charge is 2.06. The Bertz CT molecular complexity index is 612. The number of aromatic amines is 1. The molecule has 0 bridgehead atoms. The Morgan fingerprint density at radius 3 is 2.79 bits per heavy atom. The molecule has 0 fully saturated rings. The van der Waals surface area contributed by atoms with Crippen LogP contribution in [-0.4, -0.2) is 9.55 Å². The molecule has 0 atom stereocenters. The summed E-state index contributed by atoms with van der Waals surface area (Å²) in [4.78, 5) is 24.8. The molecule has 1 aromatic heterocycles. The molecular weight excluding hydrogens is 204 g/mol. The molecule has 0 saturated heterocycles. The van der Waals surface area contributed by atoms with Gasteiger partial charge in [-0.1, -0.05) is 17.7 Å². The highest BCUT2D eigenvalue weighted by Crippen LogP contribution is 2.17. The van der Waals surface area contributed by atoms with Crippen molar-refractivity contribution in [2.75, 3.05) is 0 Å². The molecular formula is C9H7ClN2O2. The van der Waals surface area contributed by atoms with Crippen LogP contribution < -0.4 is 11.2 Å². The molecule has 2 aromatic rings. The highest BCUT2D eigenvalue weighted by atomic mass is 35.5. The van der Waals surface area contributed by atoms with Gasteiger partial charge in [0.2, 0.25) is 0 Å². The van der Waals surface area contributed by atoms with Crippen molar-refractivity contribution in [3.63, 3.8) is 0 Å². The summed E-state index contributed by atoms with van der Waals surface area (Å²) in [6, 6.07) is 4.99. The summed E-state index contributed by atoms with van der Waals surface area (Å²) in [6.07, 6.45) is 0. The van der Waals surface area contributed by atoms with E-state index in [1.165, 1.54) is 4.57 Å². The van der Waals surface area contributed by atoms with E-state index in [0.29, 0.717) is 15.9 Å². The number of halogens is 1. The molecule has 72 valence electrons. The largest absolute Gasteiger partial charge is 0.328 e. The first-order chi connectivity index (χ1) is 6.61. The Hall–Kier alpha value is -1.55. The summed E-state index contributed by atoms with van der Waals surface area (Å²) in [7, 11) is 1.58. The van der Waals surface area contributed by atoms with Gasteiger partial charge < -0.3 is 0 Å². The zero-order valence-corrected chi connectivity index (χ0v) is 8.13. The minimum absolute atomic E-state index is 0.344. The fraction of sp³-hybridized carbons (Fsp3) is 0.111. The second kappa shape index (κ2) is 2.99. The van der Waals surface area contributed by atoms with Crippen molar-refractivity contribution in [1.82, 2.24) is 9.55 Å². The van der Waals surface area contributed by atoms with Crippen LogP contribution in [0.1, 0.15) is 0 Å². The molecule has 0 aliphatic heterocycles. The molecule has 1 N–H and O–H groups in total.